The molecular weight excluding hydrogens is 360 g/mol. The molecule has 0 aliphatic carbocycles. The first-order chi connectivity index (χ1) is 12.7. The fraction of sp³-hybridized carbons (Fsp3) is 0.200. The van der Waals surface area contributed by atoms with Gasteiger partial charge in [0, 0.05) is 42.2 Å². The topological polar surface area (TPSA) is 33.2 Å². The Labute approximate surface area is 153 Å². The predicted molar refractivity (Wildman–Crippen MR) is 94.1 cm³/mol. The molecule has 1 aliphatic rings. The van der Waals surface area contributed by atoms with Crippen LogP contribution in [0.5, 0.6) is 0 Å². The Hall–Kier alpha value is -2.80. The number of aromatic nitrogens is 1. The van der Waals surface area contributed by atoms with Gasteiger partial charge in [-0.3, -0.25) is 14.7 Å². The maximum absolute atomic E-state index is 14.0. The molecule has 0 radical (unpaired) electrons. The Morgan fingerprint density at radius 3 is 2.30 bits per heavy atom. The molecule has 2 heterocycles. The third-order valence-electron chi connectivity index (χ3n) is 4.16. The number of likely N-dealkylation sites (N-methyl/N-ethyl adjacent to an activating group) is 1. The van der Waals surface area contributed by atoms with E-state index in [1.807, 2.05) is 4.90 Å². The van der Waals surface area contributed by atoms with Gasteiger partial charge in [-0.25, -0.2) is 4.39 Å². The Morgan fingerprint density at radius 2 is 1.67 bits per heavy atom. The lowest BCUT2D eigenvalue weighted by Gasteiger charge is -2.26. The van der Waals surface area contributed by atoms with Crippen molar-refractivity contribution in [2.75, 3.05) is 20.1 Å². The van der Waals surface area contributed by atoms with Crippen molar-refractivity contribution < 1.29 is 22.4 Å². The van der Waals surface area contributed by atoms with E-state index in [0.717, 1.165) is 17.7 Å². The zero-order valence-corrected chi connectivity index (χ0v) is 14.4. The molecule has 0 spiro atoms. The van der Waals surface area contributed by atoms with Crippen molar-refractivity contribution in [3.63, 3.8) is 0 Å². The van der Waals surface area contributed by atoms with Crippen LogP contribution in [0.4, 0.5) is 17.6 Å². The highest BCUT2D eigenvalue weighted by Crippen LogP contribution is 2.31. The number of ketones is 1. The van der Waals surface area contributed by atoms with E-state index in [9.17, 15) is 22.4 Å². The predicted octanol–water partition coefficient (Wildman–Crippen LogP) is 4.22. The first-order valence-corrected chi connectivity index (χ1v) is 8.15. The number of Topliss-reactive ketones (excluding diaryl/α,β-unsaturated/α-hetero) is 1. The van der Waals surface area contributed by atoms with Crippen molar-refractivity contribution in [2.24, 2.45) is 0 Å². The summed E-state index contributed by atoms with van der Waals surface area (Å²) in [5.74, 6) is -1.11. The van der Waals surface area contributed by atoms with Crippen LogP contribution in [0.25, 0.3) is 12.2 Å². The van der Waals surface area contributed by atoms with Crippen LogP contribution in [0.1, 0.15) is 16.7 Å². The van der Waals surface area contributed by atoms with E-state index in [2.05, 4.69) is 4.98 Å². The van der Waals surface area contributed by atoms with Gasteiger partial charge in [0.2, 0.25) is 0 Å². The van der Waals surface area contributed by atoms with E-state index in [-0.39, 0.29) is 23.5 Å². The summed E-state index contributed by atoms with van der Waals surface area (Å²) < 4.78 is 52.7. The molecule has 0 saturated carbocycles. The summed E-state index contributed by atoms with van der Waals surface area (Å²) in [6.45, 7) is 0.617. The van der Waals surface area contributed by atoms with Gasteiger partial charge < -0.3 is 0 Å². The van der Waals surface area contributed by atoms with Crippen LogP contribution in [-0.2, 0) is 11.0 Å². The lowest BCUT2D eigenvalue weighted by molar-refractivity contribution is -0.137. The zero-order chi connectivity index (χ0) is 19.6. The minimum Gasteiger partial charge on any atom is -0.298 e. The number of hydrogen-bond donors (Lipinski definition) is 0. The maximum atomic E-state index is 14.0. The number of pyridine rings is 1. The number of nitrogens with zero attached hydrogens (tertiary/aromatic N) is 2. The molecule has 3 rings (SSSR count). The molecular formula is C20H16F4N2O. The summed E-state index contributed by atoms with van der Waals surface area (Å²) >= 11 is 0. The molecule has 27 heavy (non-hydrogen) atoms. The zero-order valence-electron chi connectivity index (χ0n) is 14.4. The Morgan fingerprint density at radius 1 is 1.04 bits per heavy atom. The molecule has 2 aromatic rings. The Bertz CT molecular complexity index is 917. The third-order valence-corrected chi connectivity index (χ3v) is 4.16. The molecule has 0 amide bonds. The third kappa shape index (κ3) is 4.49. The van der Waals surface area contributed by atoms with Crippen molar-refractivity contribution in [3.8, 4) is 0 Å². The van der Waals surface area contributed by atoms with Gasteiger partial charge in [0.25, 0.3) is 0 Å². The number of carbonyl (C=O) groups is 1. The molecule has 0 bridgehead atoms. The number of benzene rings is 1. The summed E-state index contributed by atoms with van der Waals surface area (Å²) in [6, 6.07) is 5.65. The molecule has 1 saturated heterocycles. The quantitative estimate of drug-likeness (QED) is 0.581. The second kappa shape index (κ2) is 7.44. The summed E-state index contributed by atoms with van der Waals surface area (Å²) in [7, 11) is 1.78. The maximum Gasteiger partial charge on any atom is 0.416 e. The van der Waals surface area contributed by atoms with Crippen molar-refractivity contribution in [2.45, 2.75) is 6.18 Å². The lowest BCUT2D eigenvalue weighted by Crippen LogP contribution is -2.34. The molecule has 0 unspecified atom stereocenters. The highest BCUT2D eigenvalue weighted by atomic mass is 19.4. The smallest absolute Gasteiger partial charge is 0.298 e. The second-order valence-electron chi connectivity index (χ2n) is 6.36. The van der Waals surface area contributed by atoms with Gasteiger partial charge in [-0.05, 0) is 55.1 Å². The van der Waals surface area contributed by atoms with Gasteiger partial charge in [0.05, 0.1) is 5.56 Å². The fourth-order valence-electron chi connectivity index (χ4n) is 2.89. The van der Waals surface area contributed by atoms with Crippen LogP contribution in [0.15, 0.2) is 53.9 Å². The average molecular weight is 376 g/mol. The molecule has 1 aromatic heterocycles. The van der Waals surface area contributed by atoms with Crippen LogP contribution in [0.2, 0.25) is 0 Å². The van der Waals surface area contributed by atoms with E-state index >= 15 is 0 Å². The summed E-state index contributed by atoms with van der Waals surface area (Å²) in [4.78, 5) is 18.5. The van der Waals surface area contributed by atoms with E-state index in [4.69, 9.17) is 0 Å². The van der Waals surface area contributed by atoms with E-state index in [0.29, 0.717) is 18.2 Å². The van der Waals surface area contributed by atoms with E-state index in [1.54, 1.807) is 37.7 Å². The van der Waals surface area contributed by atoms with Gasteiger partial charge in [0.15, 0.2) is 5.78 Å². The number of hydrogen-bond acceptors (Lipinski definition) is 3. The van der Waals surface area contributed by atoms with Gasteiger partial charge >= 0.3 is 6.18 Å². The summed E-state index contributed by atoms with van der Waals surface area (Å²) in [5, 5.41) is 0. The SMILES string of the molecule is CN1CC(=Cc2ccncc2)C(=O)/C(=C/c2cc(C(F)(F)F)ccc2F)C1. The number of rotatable bonds is 2. The van der Waals surface area contributed by atoms with Crippen LogP contribution in [0.3, 0.4) is 0 Å². The van der Waals surface area contributed by atoms with Crippen molar-refractivity contribution in [1.29, 1.82) is 0 Å². The fourth-order valence-corrected chi connectivity index (χ4v) is 2.89. The van der Waals surface area contributed by atoms with Crippen LogP contribution >= 0.6 is 0 Å². The lowest BCUT2D eigenvalue weighted by atomic mass is 9.94. The number of likely N-dealkylation sites (tertiary alicyclic amines) is 1. The Balaban J connectivity index is 1.99. The molecule has 0 atom stereocenters. The molecule has 1 aliphatic heterocycles. The van der Waals surface area contributed by atoms with Crippen LogP contribution in [-0.4, -0.2) is 35.8 Å². The molecule has 1 aromatic carbocycles. The second-order valence-corrected chi connectivity index (χ2v) is 6.36. The number of alkyl halides is 3. The monoisotopic (exact) mass is 376 g/mol. The highest BCUT2D eigenvalue weighted by molar-refractivity contribution is 6.14. The highest BCUT2D eigenvalue weighted by Gasteiger charge is 2.31. The van der Waals surface area contributed by atoms with Crippen LogP contribution in [0, 0.1) is 5.82 Å². The van der Waals surface area contributed by atoms with E-state index in [1.165, 1.54) is 6.08 Å². The standard InChI is InChI=1S/C20H16F4N2O/c1-26-11-15(8-13-4-6-25-7-5-13)19(27)16(12-26)9-14-10-17(20(22,23)24)2-3-18(14)21/h2-10H,11-12H2,1H3/b15-8?,16-9+. The average Bonchev–Trinajstić information content (AvgIpc) is 2.60. The van der Waals surface area contributed by atoms with E-state index < -0.39 is 17.6 Å². The number of piperidine rings is 1. The first-order valence-electron chi connectivity index (χ1n) is 8.15. The van der Waals surface area contributed by atoms with Gasteiger partial charge in [-0.15, -0.1) is 0 Å². The molecule has 7 heteroatoms. The van der Waals surface area contributed by atoms with Crippen molar-refractivity contribution in [3.05, 3.63) is 76.4 Å². The molecule has 0 N–H and O–H groups in total. The minimum atomic E-state index is -4.58. The van der Waals surface area contributed by atoms with Crippen LogP contribution < -0.4 is 0 Å². The molecule has 1 fully saturated rings. The normalized spacial score (nSPS) is 19.1. The number of carbonyl (C=O) groups excluding carboxylic acids is 1. The largest absolute Gasteiger partial charge is 0.416 e. The van der Waals surface area contributed by atoms with Gasteiger partial charge in [-0.1, -0.05) is 0 Å². The van der Waals surface area contributed by atoms with Crippen molar-refractivity contribution in [1.82, 2.24) is 9.88 Å². The Kier molecular flexibility index (Phi) is 5.23. The van der Waals surface area contributed by atoms with Gasteiger partial charge in [-0.2, -0.15) is 13.2 Å². The molecule has 3 nitrogen and oxygen atoms in total. The summed E-state index contributed by atoms with van der Waals surface area (Å²) in [6.07, 6.45) is 1.51. The molecule has 140 valence electrons. The van der Waals surface area contributed by atoms with Gasteiger partial charge in [0.1, 0.15) is 5.82 Å². The minimum absolute atomic E-state index is 0.224. The summed E-state index contributed by atoms with van der Waals surface area (Å²) in [5.41, 5.74) is 0.288. The number of halogens is 4. The van der Waals surface area contributed by atoms with Crippen molar-refractivity contribution >= 4 is 17.9 Å². The first kappa shape index (κ1) is 19.0.